The quantitative estimate of drug-likeness (QED) is 0.319. The summed E-state index contributed by atoms with van der Waals surface area (Å²) >= 11 is 0. The minimum absolute atomic E-state index is 0.105. The van der Waals surface area contributed by atoms with Crippen molar-refractivity contribution in [2.75, 3.05) is 23.3 Å². The van der Waals surface area contributed by atoms with Crippen LogP contribution in [0.4, 0.5) is 17.2 Å². The molecule has 1 heterocycles. The van der Waals surface area contributed by atoms with Gasteiger partial charge in [-0.2, -0.15) is 0 Å². The summed E-state index contributed by atoms with van der Waals surface area (Å²) in [7, 11) is 0. The van der Waals surface area contributed by atoms with Crippen LogP contribution in [-0.4, -0.2) is 29.2 Å². The molecule has 0 aliphatic carbocycles. The average Bonchev–Trinajstić information content (AvgIpc) is 2.89. The molecule has 2 N–H and O–H groups in total. The number of hydrogen-bond donors (Lipinski definition) is 2. The zero-order chi connectivity index (χ0) is 24.6. The van der Waals surface area contributed by atoms with E-state index in [0.717, 1.165) is 35.6 Å². The van der Waals surface area contributed by atoms with E-state index in [9.17, 15) is 4.79 Å². The summed E-state index contributed by atoms with van der Waals surface area (Å²) in [5.41, 5.74) is 6.77. The van der Waals surface area contributed by atoms with Crippen LogP contribution in [0.15, 0.2) is 84.9 Å². The second kappa shape index (κ2) is 11.3. The summed E-state index contributed by atoms with van der Waals surface area (Å²) in [6.45, 7) is 8.79. The van der Waals surface area contributed by atoms with Gasteiger partial charge in [0.15, 0.2) is 5.82 Å². The van der Waals surface area contributed by atoms with Crippen molar-refractivity contribution in [3.05, 3.63) is 102 Å². The van der Waals surface area contributed by atoms with Gasteiger partial charge in [-0.3, -0.25) is 4.79 Å². The van der Waals surface area contributed by atoms with Crippen LogP contribution >= 0.6 is 0 Å². The highest BCUT2D eigenvalue weighted by molar-refractivity contribution is 5.94. The third-order valence-corrected chi connectivity index (χ3v) is 5.92. The van der Waals surface area contributed by atoms with Crippen molar-refractivity contribution in [2.24, 2.45) is 0 Å². The maximum Gasteiger partial charge on any atom is 0.251 e. The van der Waals surface area contributed by atoms with Crippen LogP contribution in [0, 0.1) is 6.92 Å². The predicted octanol–water partition coefficient (Wildman–Crippen LogP) is 5.97. The Morgan fingerprint density at radius 2 is 1.60 bits per heavy atom. The summed E-state index contributed by atoms with van der Waals surface area (Å²) in [6.07, 6.45) is 0. The summed E-state index contributed by atoms with van der Waals surface area (Å²) < 4.78 is 0. The Morgan fingerprint density at radius 3 is 2.23 bits per heavy atom. The molecule has 0 aliphatic heterocycles. The Labute approximate surface area is 207 Å². The Kier molecular flexibility index (Phi) is 7.73. The van der Waals surface area contributed by atoms with E-state index in [0.29, 0.717) is 17.9 Å². The molecule has 0 fully saturated rings. The van der Waals surface area contributed by atoms with E-state index >= 15 is 0 Å². The molecule has 6 nitrogen and oxygen atoms in total. The minimum Gasteiger partial charge on any atom is -0.372 e. The third kappa shape index (κ3) is 6.23. The highest BCUT2D eigenvalue weighted by atomic mass is 16.1. The van der Waals surface area contributed by atoms with Gasteiger partial charge in [-0.05, 0) is 80.9 Å². The number of carbonyl (C=O) groups is 1. The van der Waals surface area contributed by atoms with Crippen molar-refractivity contribution in [2.45, 2.75) is 27.3 Å². The topological polar surface area (TPSA) is 70.2 Å². The Balaban J connectivity index is 1.31. The fraction of sp³-hybridized carbons (Fsp3) is 0.207. The predicted molar refractivity (Wildman–Crippen MR) is 143 cm³/mol. The van der Waals surface area contributed by atoms with E-state index < -0.39 is 0 Å². The molecular formula is C29H31N5O. The molecule has 4 aromatic rings. The highest BCUT2D eigenvalue weighted by Crippen LogP contribution is 2.20. The van der Waals surface area contributed by atoms with Crippen LogP contribution in [0.1, 0.15) is 35.3 Å². The van der Waals surface area contributed by atoms with Gasteiger partial charge < -0.3 is 15.5 Å². The molecule has 0 unspecified atom stereocenters. The number of benzene rings is 3. The van der Waals surface area contributed by atoms with E-state index in [-0.39, 0.29) is 5.91 Å². The number of aromatic nitrogens is 2. The van der Waals surface area contributed by atoms with Crippen molar-refractivity contribution >= 4 is 23.1 Å². The smallest absolute Gasteiger partial charge is 0.251 e. The monoisotopic (exact) mass is 465 g/mol. The molecule has 0 saturated heterocycles. The lowest BCUT2D eigenvalue weighted by atomic mass is 10.1. The van der Waals surface area contributed by atoms with Gasteiger partial charge >= 0.3 is 0 Å². The molecule has 35 heavy (non-hydrogen) atoms. The van der Waals surface area contributed by atoms with E-state index in [2.05, 4.69) is 82.9 Å². The second-order valence-electron chi connectivity index (χ2n) is 8.40. The number of carbonyl (C=O) groups excluding carboxylic acids is 1. The second-order valence-corrected chi connectivity index (χ2v) is 8.40. The SMILES string of the molecule is CCN(CC)c1ccc(CNC(=O)c2ccc(Nc3ccc(-c4cccc(C)c4)nn3)cc2)cc1. The van der Waals surface area contributed by atoms with Crippen LogP contribution in [0.3, 0.4) is 0 Å². The van der Waals surface area contributed by atoms with Gasteiger partial charge in [-0.1, -0.05) is 35.9 Å². The van der Waals surface area contributed by atoms with Crippen LogP contribution in [0.2, 0.25) is 0 Å². The van der Waals surface area contributed by atoms with Crippen molar-refractivity contribution in [1.82, 2.24) is 15.5 Å². The van der Waals surface area contributed by atoms with Crippen LogP contribution in [0.5, 0.6) is 0 Å². The van der Waals surface area contributed by atoms with Gasteiger partial charge in [0.05, 0.1) is 5.69 Å². The van der Waals surface area contributed by atoms with Crippen molar-refractivity contribution < 1.29 is 4.79 Å². The van der Waals surface area contributed by atoms with E-state index in [1.54, 1.807) is 12.1 Å². The molecule has 0 saturated carbocycles. The van der Waals surface area contributed by atoms with E-state index in [1.807, 2.05) is 36.4 Å². The Morgan fingerprint density at radius 1 is 0.857 bits per heavy atom. The van der Waals surface area contributed by atoms with Crippen molar-refractivity contribution in [1.29, 1.82) is 0 Å². The molecule has 6 heteroatoms. The Hall–Kier alpha value is -4.19. The van der Waals surface area contributed by atoms with Gasteiger partial charge in [-0.25, -0.2) is 0 Å². The summed E-state index contributed by atoms with van der Waals surface area (Å²) in [5.74, 6) is 0.540. The molecule has 0 radical (unpaired) electrons. The fourth-order valence-corrected chi connectivity index (χ4v) is 3.91. The molecule has 0 spiro atoms. The lowest BCUT2D eigenvalue weighted by Gasteiger charge is -2.21. The van der Waals surface area contributed by atoms with E-state index in [1.165, 1.54) is 11.3 Å². The van der Waals surface area contributed by atoms with Gasteiger partial charge in [0.2, 0.25) is 0 Å². The first-order valence-corrected chi connectivity index (χ1v) is 12.0. The minimum atomic E-state index is -0.105. The number of nitrogens with zero attached hydrogens (tertiary/aromatic N) is 3. The van der Waals surface area contributed by atoms with Crippen molar-refractivity contribution in [3.63, 3.8) is 0 Å². The van der Waals surface area contributed by atoms with Gasteiger partial charge in [0.25, 0.3) is 5.91 Å². The van der Waals surface area contributed by atoms with Gasteiger partial charge in [0, 0.05) is 42.1 Å². The molecule has 0 atom stereocenters. The summed E-state index contributed by atoms with van der Waals surface area (Å²) in [5, 5.41) is 14.8. The highest BCUT2D eigenvalue weighted by Gasteiger charge is 2.07. The standard InChI is InChI=1S/C29H31N5O/c1-4-34(5-2)26-15-9-22(10-16-26)20-30-29(35)23-11-13-25(14-12-23)31-28-18-17-27(32-33-28)24-8-6-7-21(3)19-24/h6-19H,4-5,20H2,1-3H3,(H,30,35)(H,31,33). The number of amides is 1. The maximum atomic E-state index is 12.6. The molecule has 1 amide bonds. The molecule has 178 valence electrons. The number of aryl methyl sites for hydroxylation is 1. The zero-order valence-electron chi connectivity index (χ0n) is 20.5. The number of anilines is 3. The van der Waals surface area contributed by atoms with Crippen LogP contribution in [-0.2, 0) is 6.54 Å². The first-order chi connectivity index (χ1) is 17.1. The average molecular weight is 466 g/mol. The normalized spacial score (nSPS) is 10.6. The third-order valence-electron chi connectivity index (χ3n) is 5.92. The van der Waals surface area contributed by atoms with Crippen molar-refractivity contribution in [3.8, 4) is 11.3 Å². The number of rotatable bonds is 9. The van der Waals surface area contributed by atoms with Crippen LogP contribution < -0.4 is 15.5 Å². The van der Waals surface area contributed by atoms with E-state index in [4.69, 9.17) is 0 Å². The fourth-order valence-electron chi connectivity index (χ4n) is 3.91. The molecular weight excluding hydrogens is 434 g/mol. The zero-order valence-corrected chi connectivity index (χ0v) is 20.5. The Bertz CT molecular complexity index is 1250. The first kappa shape index (κ1) is 24.0. The largest absolute Gasteiger partial charge is 0.372 e. The first-order valence-electron chi connectivity index (χ1n) is 12.0. The molecule has 3 aromatic carbocycles. The lowest BCUT2D eigenvalue weighted by Crippen LogP contribution is -2.23. The molecule has 0 bridgehead atoms. The number of hydrogen-bond acceptors (Lipinski definition) is 5. The molecule has 0 aliphatic rings. The molecule has 4 rings (SSSR count). The molecule has 1 aromatic heterocycles. The van der Waals surface area contributed by atoms with Gasteiger partial charge in [0.1, 0.15) is 0 Å². The summed E-state index contributed by atoms with van der Waals surface area (Å²) in [6, 6.07) is 27.7. The van der Waals surface area contributed by atoms with Gasteiger partial charge in [-0.15, -0.1) is 10.2 Å². The summed E-state index contributed by atoms with van der Waals surface area (Å²) in [4.78, 5) is 14.9. The maximum absolute atomic E-state index is 12.6. The number of nitrogens with one attached hydrogen (secondary N) is 2. The van der Waals surface area contributed by atoms with Crippen LogP contribution in [0.25, 0.3) is 11.3 Å². The lowest BCUT2D eigenvalue weighted by molar-refractivity contribution is 0.0951.